The normalized spacial score (nSPS) is 10.5. The van der Waals surface area contributed by atoms with Crippen LogP contribution >= 0.6 is 0 Å². The van der Waals surface area contributed by atoms with Crippen LogP contribution in [0.2, 0.25) is 0 Å². The van der Waals surface area contributed by atoms with Gasteiger partial charge in [0.2, 0.25) is 0 Å². The molecular weight excluding hydrogens is 719 g/mol. The Labute approximate surface area is 299 Å². The number of nitrogens with zero attached hydrogens (tertiary/aromatic N) is 6. The monoisotopic (exact) mass is 750 g/mol. The Morgan fingerprint density at radius 2 is 1.00 bits per heavy atom. The first kappa shape index (κ1) is 42.5. The molecule has 0 bridgehead atoms. The van der Waals surface area contributed by atoms with Crippen LogP contribution < -0.4 is 4.74 Å². The number of rotatable bonds is 9. The van der Waals surface area contributed by atoms with Crippen LogP contribution in [0.15, 0.2) is 69.0 Å². The van der Waals surface area contributed by atoms with Crippen molar-refractivity contribution in [1.29, 1.82) is 0 Å². The number of non-ortho nitro benzene ring substituents is 2. The summed E-state index contributed by atoms with van der Waals surface area (Å²) in [7, 11) is 1.33. The zero-order valence-corrected chi connectivity index (χ0v) is 28.8. The summed E-state index contributed by atoms with van der Waals surface area (Å²) in [5.74, 6) is -2.53. The Morgan fingerprint density at radius 1 is 0.627 bits per heavy atom. The van der Waals surface area contributed by atoms with Crippen molar-refractivity contribution in [2.45, 2.75) is 27.7 Å². The number of ether oxygens (including phenoxy) is 1. The van der Waals surface area contributed by atoms with Crippen LogP contribution in [0.25, 0.3) is 0 Å². The first-order valence-corrected chi connectivity index (χ1v) is 13.7. The Morgan fingerprint density at radius 3 is 1.37 bits per heavy atom. The number of nitro benzene ring substituents is 2. The minimum Gasteiger partial charge on any atom is -0.507 e. The van der Waals surface area contributed by atoms with Crippen molar-refractivity contribution in [2.24, 2.45) is 20.5 Å². The molecule has 0 spiro atoms. The molecule has 0 aliphatic heterocycles. The summed E-state index contributed by atoms with van der Waals surface area (Å²) in [6, 6.07) is 9.38. The predicted octanol–water partition coefficient (Wildman–Crippen LogP) is 8.03. The van der Waals surface area contributed by atoms with E-state index in [0.717, 1.165) is 18.2 Å². The number of carbonyl (C=O) groups excluding carboxylic acids is 2. The van der Waals surface area contributed by atoms with Crippen molar-refractivity contribution < 1.29 is 66.5 Å². The number of aromatic hydroxyl groups is 5. The molecule has 0 atom stereocenters. The quantitative estimate of drug-likeness (QED) is 0.0357. The summed E-state index contributed by atoms with van der Waals surface area (Å²) < 4.78 is 5.04. The van der Waals surface area contributed by atoms with Crippen LogP contribution in [-0.4, -0.2) is 54.1 Å². The van der Waals surface area contributed by atoms with Crippen LogP contribution in [0.4, 0.5) is 34.1 Å². The largest absolute Gasteiger partial charge is 0.507 e. The number of hydrogen-bond acceptors (Lipinski definition) is 16. The van der Waals surface area contributed by atoms with E-state index in [1.165, 1.54) is 65.1 Å². The molecule has 19 heteroatoms. The first-order valence-electron chi connectivity index (χ1n) is 13.7. The number of benzene rings is 4. The van der Waals surface area contributed by atoms with Gasteiger partial charge in [0.1, 0.15) is 51.5 Å². The number of ketones is 2. The van der Waals surface area contributed by atoms with Gasteiger partial charge in [0, 0.05) is 40.0 Å². The SMILES string of the molecule is CC(=O)c1cc(N=Nc2ccc([N+](=O)[O-])cc2O)c(O)c(C)c1O.COc1cc([N+](=O)[O-])ccc1N=Nc1cc(C(C)=O)c(O)c(C)c1O.[CH3-].[Co]. The number of methoxy groups -OCH3 is 1. The third-order valence-corrected chi connectivity index (χ3v) is 6.81. The van der Waals surface area contributed by atoms with E-state index in [2.05, 4.69) is 20.5 Å². The van der Waals surface area contributed by atoms with Crippen LogP contribution in [0, 0.1) is 41.5 Å². The summed E-state index contributed by atoms with van der Waals surface area (Å²) in [5.41, 5.74) is -0.340. The third-order valence-electron chi connectivity index (χ3n) is 6.81. The van der Waals surface area contributed by atoms with E-state index in [0.29, 0.717) is 0 Å². The smallest absolute Gasteiger partial charge is 0.273 e. The van der Waals surface area contributed by atoms with Gasteiger partial charge in [-0.25, -0.2) is 0 Å². The minimum atomic E-state index is -0.672. The van der Waals surface area contributed by atoms with Crippen LogP contribution in [0.3, 0.4) is 0 Å². The summed E-state index contributed by atoms with van der Waals surface area (Å²) >= 11 is 0. The molecule has 0 heterocycles. The fraction of sp³-hybridized carbons (Fsp3) is 0.156. The Kier molecular flexibility index (Phi) is 14.8. The molecule has 51 heavy (non-hydrogen) atoms. The molecule has 5 N–H and O–H groups in total. The van der Waals surface area contributed by atoms with Crippen LogP contribution in [0.5, 0.6) is 34.5 Å². The molecule has 0 unspecified atom stereocenters. The molecule has 0 aliphatic rings. The molecule has 18 nitrogen and oxygen atoms in total. The molecule has 0 amide bonds. The molecule has 4 aromatic carbocycles. The van der Waals surface area contributed by atoms with Crippen molar-refractivity contribution in [3.8, 4) is 34.5 Å². The maximum absolute atomic E-state index is 11.6. The van der Waals surface area contributed by atoms with Crippen LogP contribution in [0.1, 0.15) is 45.7 Å². The Hall–Kier alpha value is -6.47. The number of azo groups is 2. The fourth-order valence-electron chi connectivity index (χ4n) is 4.04. The molecule has 271 valence electrons. The zero-order valence-electron chi connectivity index (χ0n) is 27.7. The van der Waals surface area contributed by atoms with E-state index >= 15 is 0 Å². The number of nitro groups is 2. The topological polar surface area (TPSA) is 280 Å². The van der Waals surface area contributed by atoms with Gasteiger partial charge in [-0.15, -0.1) is 20.5 Å². The second kappa shape index (κ2) is 17.8. The molecule has 1 radical (unpaired) electrons. The summed E-state index contributed by atoms with van der Waals surface area (Å²) in [6.07, 6.45) is 0. The van der Waals surface area contributed by atoms with Crippen molar-refractivity contribution >= 4 is 45.7 Å². The average molecular weight is 751 g/mol. The van der Waals surface area contributed by atoms with E-state index in [-0.39, 0.29) is 109 Å². The summed E-state index contributed by atoms with van der Waals surface area (Å²) in [4.78, 5) is 43.2. The summed E-state index contributed by atoms with van der Waals surface area (Å²) in [6.45, 7) is 5.35. The molecule has 4 aromatic rings. The number of hydrogen-bond donors (Lipinski definition) is 5. The van der Waals surface area contributed by atoms with Gasteiger partial charge in [-0.1, -0.05) is 0 Å². The van der Waals surface area contributed by atoms with E-state index in [4.69, 9.17) is 4.74 Å². The fourth-order valence-corrected chi connectivity index (χ4v) is 4.04. The van der Waals surface area contributed by atoms with Crippen molar-refractivity contribution in [3.05, 3.63) is 98.4 Å². The molecule has 0 saturated heterocycles. The van der Waals surface area contributed by atoms with Gasteiger partial charge in [-0.05, 0) is 52.0 Å². The minimum absolute atomic E-state index is 0. The first-order chi connectivity index (χ1) is 23.0. The molecule has 0 aromatic heterocycles. The van der Waals surface area contributed by atoms with Crippen molar-refractivity contribution in [3.63, 3.8) is 0 Å². The Bertz CT molecular complexity index is 2070. The molecule has 0 saturated carbocycles. The predicted molar refractivity (Wildman–Crippen MR) is 178 cm³/mol. The maximum Gasteiger partial charge on any atom is 0.273 e. The maximum atomic E-state index is 11.6. The number of Topliss-reactive ketones (excluding diaryl/α,β-unsaturated/α-hetero) is 2. The average Bonchev–Trinajstić information content (AvgIpc) is 3.05. The standard InChI is InChI=1S/C16H15N3O6.C15H13N3O6.CH3.Co/c1-8-15(21)11(9(2)20)7-13(16(8)22)18-17-12-5-4-10(19(23)24)6-14(12)25-3;1-7-14(21)10(8(2)19)6-12(15(7)22)17-16-11-4-3-9(18(23)24)5-13(11)20;;/h4-7,21-22H,1-3H3;3-6,20-22H,1-2H3;1H3;/q;;-1;. The van der Waals surface area contributed by atoms with Gasteiger partial charge in [0.05, 0.1) is 40.2 Å². The van der Waals surface area contributed by atoms with Gasteiger partial charge in [0.25, 0.3) is 11.4 Å². The van der Waals surface area contributed by atoms with Gasteiger partial charge < -0.3 is 37.7 Å². The summed E-state index contributed by atoms with van der Waals surface area (Å²) in [5, 5.41) is 86.1. The van der Waals surface area contributed by atoms with Crippen molar-refractivity contribution in [1.82, 2.24) is 0 Å². The second-order valence-electron chi connectivity index (χ2n) is 10.1. The molecule has 4 rings (SSSR count). The zero-order chi connectivity index (χ0) is 36.7. The van der Waals surface area contributed by atoms with Gasteiger partial charge in [0.15, 0.2) is 17.3 Å². The van der Waals surface area contributed by atoms with Gasteiger partial charge >= 0.3 is 0 Å². The van der Waals surface area contributed by atoms with Gasteiger partial charge in [-0.2, -0.15) is 0 Å². The number of carbonyl (C=O) groups is 2. The Balaban J connectivity index is 0.000000491. The van der Waals surface area contributed by atoms with Crippen LogP contribution in [-0.2, 0) is 16.8 Å². The third kappa shape index (κ3) is 9.80. The van der Waals surface area contributed by atoms with E-state index < -0.39 is 27.2 Å². The van der Waals surface area contributed by atoms with E-state index in [1.807, 2.05) is 0 Å². The van der Waals surface area contributed by atoms with E-state index in [1.54, 1.807) is 0 Å². The molecular formula is C32H31CoN6O12-. The van der Waals surface area contributed by atoms with Crippen molar-refractivity contribution in [2.75, 3.05) is 7.11 Å². The number of phenolic OH excluding ortho intramolecular Hbond substituents is 5. The van der Waals surface area contributed by atoms with Gasteiger partial charge in [-0.3, -0.25) is 29.8 Å². The van der Waals surface area contributed by atoms with E-state index in [9.17, 15) is 55.4 Å². The number of phenols is 5. The second-order valence-corrected chi connectivity index (χ2v) is 10.1. The molecule has 0 fully saturated rings. The molecule has 0 aliphatic carbocycles.